The maximum Gasteiger partial charge on any atom is 0.0489 e. The number of benzene rings is 1. The quantitative estimate of drug-likeness (QED) is 0.719. The highest BCUT2D eigenvalue weighted by atomic mass is 35.5. The molecule has 0 aliphatic rings. The Morgan fingerprint density at radius 2 is 1.94 bits per heavy atom. The SMILES string of the molecule is Cc1ccc(-c2cncc(CCl)c2)cc1Cl. The molecular weight excluding hydrogens is 241 g/mol. The number of nitrogens with zero attached hydrogens (tertiary/aromatic N) is 1. The normalized spacial score (nSPS) is 10.4. The molecule has 2 rings (SSSR count). The minimum atomic E-state index is 0.473. The van der Waals surface area contributed by atoms with E-state index in [1.54, 1.807) is 6.20 Å². The van der Waals surface area contributed by atoms with Crippen LogP contribution in [0.4, 0.5) is 0 Å². The molecule has 0 amide bonds. The van der Waals surface area contributed by atoms with Crippen molar-refractivity contribution in [3.8, 4) is 11.1 Å². The molecule has 82 valence electrons. The molecule has 0 aliphatic carbocycles. The summed E-state index contributed by atoms with van der Waals surface area (Å²) in [5, 5.41) is 0.772. The smallest absolute Gasteiger partial charge is 0.0489 e. The van der Waals surface area contributed by atoms with Gasteiger partial charge in [0.1, 0.15) is 0 Å². The minimum Gasteiger partial charge on any atom is -0.264 e. The monoisotopic (exact) mass is 251 g/mol. The molecule has 0 spiro atoms. The van der Waals surface area contributed by atoms with Gasteiger partial charge in [0.2, 0.25) is 0 Å². The topological polar surface area (TPSA) is 12.9 Å². The highest BCUT2D eigenvalue weighted by molar-refractivity contribution is 6.31. The first kappa shape index (κ1) is 11.4. The Bertz CT molecular complexity index is 509. The molecule has 1 nitrogen and oxygen atoms in total. The highest BCUT2D eigenvalue weighted by Gasteiger charge is 2.02. The van der Waals surface area contributed by atoms with Crippen molar-refractivity contribution in [1.29, 1.82) is 0 Å². The minimum absolute atomic E-state index is 0.473. The maximum absolute atomic E-state index is 6.09. The van der Waals surface area contributed by atoms with Crippen LogP contribution < -0.4 is 0 Å². The van der Waals surface area contributed by atoms with Crippen LogP contribution in [-0.2, 0) is 5.88 Å². The van der Waals surface area contributed by atoms with E-state index in [1.165, 1.54) is 0 Å². The van der Waals surface area contributed by atoms with Gasteiger partial charge in [-0.15, -0.1) is 11.6 Å². The van der Waals surface area contributed by atoms with Crippen LogP contribution in [-0.4, -0.2) is 4.98 Å². The molecule has 0 atom stereocenters. The van der Waals surface area contributed by atoms with Crippen molar-refractivity contribution in [2.75, 3.05) is 0 Å². The van der Waals surface area contributed by atoms with Gasteiger partial charge in [0.05, 0.1) is 0 Å². The number of pyridine rings is 1. The third-order valence-electron chi connectivity index (χ3n) is 2.45. The van der Waals surface area contributed by atoms with Crippen molar-refractivity contribution in [3.05, 3.63) is 52.8 Å². The summed E-state index contributed by atoms with van der Waals surface area (Å²) >= 11 is 11.9. The Balaban J connectivity index is 2.46. The second-order valence-corrected chi connectivity index (χ2v) is 4.35. The molecule has 0 N–H and O–H groups in total. The van der Waals surface area contributed by atoms with Crippen LogP contribution in [0, 0.1) is 6.92 Å². The fourth-order valence-corrected chi connectivity index (χ4v) is 1.82. The van der Waals surface area contributed by atoms with E-state index in [1.807, 2.05) is 37.4 Å². The first-order valence-corrected chi connectivity index (χ1v) is 5.88. The van der Waals surface area contributed by atoms with Crippen molar-refractivity contribution < 1.29 is 0 Å². The molecule has 2 aromatic rings. The average Bonchev–Trinajstić information content (AvgIpc) is 2.33. The standard InChI is InChI=1S/C13H11Cl2N/c1-9-2-3-11(5-13(9)15)12-4-10(6-14)7-16-8-12/h2-5,7-8H,6H2,1H3. The van der Waals surface area contributed by atoms with E-state index < -0.39 is 0 Å². The molecule has 0 unspecified atom stereocenters. The van der Waals surface area contributed by atoms with E-state index in [4.69, 9.17) is 23.2 Å². The number of rotatable bonds is 2. The van der Waals surface area contributed by atoms with Gasteiger partial charge < -0.3 is 0 Å². The zero-order valence-electron chi connectivity index (χ0n) is 8.87. The van der Waals surface area contributed by atoms with Crippen LogP contribution in [0.5, 0.6) is 0 Å². The number of aryl methyl sites for hydroxylation is 1. The lowest BCUT2D eigenvalue weighted by atomic mass is 10.0. The van der Waals surface area contributed by atoms with Gasteiger partial charge in [-0.05, 0) is 35.7 Å². The molecular formula is C13H11Cl2N. The van der Waals surface area contributed by atoms with Crippen LogP contribution in [0.2, 0.25) is 5.02 Å². The lowest BCUT2D eigenvalue weighted by Crippen LogP contribution is -1.85. The molecule has 1 aromatic carbocycles. The second kappa shape index (κ2) is 4.86. The molecule has 16 heavy (non-hydrogen) atoms. The van der Waals surface area contributed by atoms with E-state index >= 15 is 0 Å². The Kier molecular flexibility index (Phi) is 3.47. The number of aromatic nitrogens is 1. The van der Waals surface area contributed by atoms with Gasteiger partial charge in [0.15, 0.2) is 0 Å². The van der Waals surface area contributed by atoms with E-state index in [-0.39, 0.29) is 0 Å². The summed E-state index contributed by atoms with van der Waals surface area (Å²) in [7, 11) is 0. The van der Waals surface area contributed by atoms with Crippen molar-refractivity contribution in [2.24, 2.45) is 0 Å². The molecule has 0 radical (unpaired) electrons. The first-order chi connectivity index (χ1) is 7.70. The van der Waals surface area contributed by atoms with Crippen molar-refractivity contribution >= 4 is 23.2 Å². The van der Waals surface area contributed by atoms with Crippen molar-refractivity contribution in [2.45, 2.75) is 12.8 Å². The van der Waals surface area contributed by atoms with Gasteiger partial charge in [0.25, 0.3) is 0 Å². The summed E-state index contributed by atoms with van der Waals surface area (Å²) in [5.41, 5.74) is 4.19. The summed E-state index contributed by atoms with van der Waals surface area (Å²) in [4.78, 5) is 4.16. The Hall–Kier alpha value is -1.05. The predicted molar refractivity (Wildman–Crippen MR) is 69.0 cm³/mol. The molecule has 0 aliphatic heterocycles. The maximum atomic E-state index is 6.09. The van der Waals surface area contributed by atoms with E-state index in [2.05, 4.69) is 4.98 Å². The van der Waals surface area contributed by atoms with Gasteiger partial charge in [-0.25, -0.2) is 0 Å². The highest BCUT2D eigenvalue weighted by Crippen LogP contribution is 2.25. The Morgan fingerprint density at radius 1 is 1.12 bits per heavy atom. The summed E-state index contributed by atoms with van der Waals surface area (Å²) in [5.74, 6) is 0.473. The fourth-order valence-electron chi connectivity index (χ4n) is 1.49. The Labute approximate surface area is 105 Å². The van der Waals surface area contributed by atoms with Gasteiger partial charge in [-0.3, -0.25) is 4.98 Å². The summed E-state index contributed by atoms with van der Waals surface area (Å²) in [6.45, 7) is 1.99. The summed E-state index contributed by atoms with van der Waals surface area (Å²) < 4.78 is 0. The fraction of sp³-hybridized carbons (Fsp3) is 0.154. The number of hydrogen-bond donors (Lipinski definition) is 0. The summed E-state index contributed by atoms with van der Waals surface area (Å²) in [6, 6.07) is 8.02. The van der Waals surface area contributed by atoms with Crippen LogP contribution in [0.3, 0.4) is 0 Å². The Morgan fingerprint density at radius 3 is 2.62 bits per heavy atom. The van der Waals surface area contributed by atoms with Crippen molar-refractivity contribution in [1.82, 2.24) is 4.98 Å². The lowest BCUT2D eigenvalue weighted by Gasteiger charge is -2.05. The molecule has 0 fully saturated rings. The number of halogens is 2. The van der Waals surface area contributed by atoms with Gasteiger partial charge in [0, 0.05) is 28.9 Å². The predicted octanol–water partition coefficient (Wildman–Crippen LogP) is 4.45. The van der Waals surface area contributed by atoms with Crippen LogP contribution in [0.15, 0.2) is 36.7 Å². The molecule has 1 heterocycles. The first-order valence-electron chi connectivity index (χ1n) is 4.97. The lowest BCUT2D eigenvalue weighted by molar-refractivity contribution is 1.25. The van der Waals surface area contributed by atoms with Crippen LogP contribution >= 0.6 is 23.2 Å². The summed E-state index contributed by atoms with van der Waals surface area (Å²) in [6.07, 6.45) is 3.59. The third kappa shape index (κ3) is 2.37. The van der Waals surface area contributed by atoms with Gasteiger partial charge in [-0.2, -0.15) is 0 Å². The van der Waals surface area contributed by atoms with Gasteiger partial charge in [-0.1, -0.05) is 23.7 Å². The van der Waals surface area contributed by atoms with E-state index in [9.17, 15) is 0 Å². The van der Waals surface area contributed by atoms with Crippen LogP contribution in [0.1, 0.15) is 11.1 Å². The average molecular weight is 252 g/mol. The zero-order valence-corrected chi connectivity index (χ0v) is 10.4. The molecule has 0 bridgehead atoms. The van der Waals surface area contributed by atoms with Gasteiger partial charge >= 0.3 is 0 Å². The zero-order chi connectivity index (χ0) is 11.5. The van der Waals surface area contributed by atoms with Crippen LogP contribution in [0.25, 0.3) is 11.1 Å². The van der Waals surface area contributed by atoms with E-state index in [0.29, 0.717) is 5.88 Å². The largest absolute Gasteiger partial charge is 0.264 e. The third-order valence-corrected chi connectivity index (χ3v) is 3.17. The van der Waals surface area contributed by atoms with Crippen molar-refractivity contribution in [3.63, 3.8) is 0 Å². The molecule has 1 aromatic heterocycles. The number of alkyl halides is 1. The second-order valence-electron chi connectivity index (χ2n) is 3.68. The molecule has 0 saturated heterocycles. The molecule has 0 saturated carbocycles. The number of hydrogen-bond acceptors (Lipinski definition) is 1. The molecule has 3 heteroatoms. The van der Waals surface area contributed by atoms with E-state index in [0.717, 1.165) is 27.3 Å².